The summed E-state index contributed by atoms with van der Waals surface area (Å²) in [5, 5.41) is 2.99. The maximum atomic E-state index is 15.1. The number of unbranched alkanes of at least 4 members (excludes halogenated alkanes) is 7. The van der Waals surface area contributed by atoms with Gasteiger partial charge in [0.25, 0.3) is 5.91 Å². The fourth-order valence-corrected chi connectivity index (χ4v) is 9.00. The lowest BCUT2D eigenvalue weighted by Crippen LogP contribution is -2.63. The Morgan fingerprint density at radius 3 is 2.13 bits per heavy atom. The Kier molecular flexibility index (Phi) is 16.1. The fourth-order valence-electron chi connectivity index (χ4n) is 9.00. The topological polar surface area (TPSA) is 174 Å². The molecule has 2 amide bonds. The van der Waals surface area contributed by atoms with Crippen LogP contribution in [0.4, 0.5) is 4.79 Å². The van der Waals surface area contributed by atoms with E-state index in [-0.39, 0.29) is 71.4 Å². The highest BCUT2D eigenvalue weighted by molar-refractivity contribution is 6.20. The van der Waals surface area contributed by atoms with Gasteiger partial charge in [-0.2, -0.15) is 0 Å². The van der Waals surface area contributed by atoms with E-state index < -0.39 is 48.0 Å². The third-order valence-corrected chi connectivity index (χ3v) is 12.7. The van der Waals surface area contributed by atoms with Crippen molar-refractivity contribution in [1.82, 2.24) is 10.2 Å². The van der Waals surface area contributed by atoms with Crippen molar-refractivity contribution < 1.29 is 61.9 Å². The first kappa shape index (κ1) is 49.2. The average molecular weight is 955 g/mol. The van der Waals surface area contributed by atoms with Crippen LogP contribution in [-0.4, -0.2) is 86.8 Å². The molecule has 0 aliphatic carbocycles. The predicted octanol–water partition coefficient (Wildman–Crippen LogP) is 9.58. The van der Waals surface area contributed by atoms with Crippen LogP contribution in [0, 0.1) is 0 Å². The van der Waals surface area contributed by atoms with Gasteiger partial charge >= 0.3 is 12.1 Å². The minimum absolute atomic E-state index is 0.0128. The number of nitrogens with zero attached hydrogens (tertiary/aromatic N) is 1. The van der Waals surface area contributed by atoms with E-state index in [1.54, 1.807) is 30.3 Å². The van der Waals surface area contributed by atoms with Gasteiger partial charge in [0.05, 0.1) is 41.4 Å². The second-order valence-electron chi connectivity index (χ2n) is 17.5. The highest BCUT2D eigenvalue weighted by Crippen LogP contribution is 2.46. The summed E-state index contributed by atoms with van der Waals surface area (Å²) in [6.45, 7) is 2.11. The van der Waals surface area contributed by atoms with E-state index in [1.807, 2.05) is 60.7 Å². The van der Waals surface area contributed by atoms with Gasteiger partial charge in [0.2, 0.25) is 24.0 Å². The minimum atomic E-state index is -1.94. The summed E-state index contributed by atoms with van der Waals surface area (Å²) in [6.07, 6.45) is 5.95. The first-order valence-electron chi connectivity index (χ1n) is 23.8. The number of amides is 2. The molecule has 0 radical (unpaired) electrons. The number of ether oxygens (including phenoxy) is 8. The summed E-state index contributed by atoms with van der Waals surface area (Å²) in [5.41, 5.74) is 0.0641. The van der Waals surface area contributed by atoms with Crippen LogP contribution in [0.5, 0.6) is 23.0 Å². The molecule has 0 aromatic heterocycles. The number of methoxy groups -OCH3 is 2. The number of benzene rings is 5. The van der Waals surface area contributed by atoms with E-state index >= 15 is 9.59 Å². The Morgan fingerprint density at radius 1 is 0.771 bits per heavy atom. The largest absolute Gasteiger partial charge is 0.493 e. The van der Waals surface area contributed by atoms with Crippen LogP contribution in [0.2, 0.25) is 0 Å². The maximum Gasteiger partial charge on any atom is 0.410 e. The third kappa shape index (κ3) is 11.0. The van der Waals surface area contributed by atoms with E-state index in [2.05, 4.69) is 12.2 Å². The number of carbonyl (C=O) groups is 5. The van der Waals surface area contributed by atoms with E-state index in [1.165, 1.54) is 56.6 Å². The molecule has 3 aliphatic rings. The number of carbonyl (C=O) groups excluding carboxylic acids is 5. The first-order valence-corrected chi connectivity index (χ1v) is 23.8. The molecule has 1 spiro atoms. The lowest BCUT2D eigenvalue weighted by Gasteiger charge is -2.40. The number of nitrogens with one attached hydrogen (secondary N) is 1. The summed E-state index contributed by atoms with van der Waals surface area (Å²) in [5.74, 6) is -1.55. The molecule has 8 rings (SSSR count). The summed E-state index contributed by atoms with van der Waals surface area (Å²) >= 11 is 0. The summed E-state index contributed by atoms with van der Waals surface area (Å²) in [4.78, 5) is 72.1. The van der Waals surface area contributed by atoms with Crippen LogP contribution in [-0.2, 0) is 32.2 Å². The molecule has 5 aromatic rings. The number of fused-ring (bicyclic) bond motifs is 3. The Hall–Kier alpha value is -7.23. The number of hydrogen-bond acceptors (Lipinski definition) is 13. The molecule has 15 nitrogen and oxygen atoms in total. The molecule has 4 atom stereocenters. The van der Waals surface area contributed by atoms with Crippen LogP contribution in [0.3, 0.4) is 0 Å². The maximum absolute atomic E-state index is 15.1. The molecule has 1 fully saturated rings. The number of ketones is 1. The molecule has 366 valence electrons. The fraction of sp³-hybridized carbons (Fsp3) is 0.364. The van der Waals surface area contributed by atoms with Crippen molar-refractivity contribution in [2.75, 3.05) is 33.9 Å². The lowest BCUT2D eigenvalue weighted by molar-refractivity contribution is -0.188. The number of aldehydes is 1. The Balaban J connectivity index is 1.12. The molecule has 15 heteroatoms. The van der Waals surface area contributed by atoms with Gasteiger partial charge in [-0.25, -0.2) is 9.59 Å². The van der Waals surface area contributed by atoms with Crippen molar-refractivity contribution in [3.8, 4) is 23.0 Å². The summed E-state index contributed by atoms with van der Waals surface area (Å²) in [7, 11) is 2.81. The standard InChI is InChI=1S/C55H58N2O13/c1-4-5-6-7-8-9-10-17-28-65-44-30-41-29-43(47(44)48(59)46-39(32-58)24-27-42-49(46)69-52(42)63-2)51(61)70-55(53(64-3)68-41)35-57(54(62)67-34-37-20-15-12-16-21-37)31-45(55)56-50(60)38-22-25-40(26-23-38)66-33-36-18-13-11-14-19-36/h11-16,18-27,29-30,32,45,52-53H,4-10,17,28,31,33-35H2,1-3H3,(H,56,60)/t45-,52?,53?,55-/m0/s1. The second kappa shape index (κ2) is 22.9. The molecule has 70 heavy (non-hydrogen) atoms. The molecular weight excluding hydrogens is 897 g/mol. The van der Waals surface area contributed by atoms with Gasteiger partial charge in [0.1, 0.15) is 36.2 Å². The molecule has 5 aromatic carbocycles. The molecule has 1 saturated heterocycles. The van der Waals surface area contributed by atoms with E-state index in [9.17, 15) is 14.4 Å². The van der Waals surface area contributed by atoms with E-state index in [4.69, 9.17) is 37.9 Å². The molecule has 0 saturated carbocycles. The minimum Gasteiger partial charge on any atom is -0.493 e. The van der Waals surface area contributed by atoms with Gasteiger partial charge in [-0.3, -0.25) is 14.4 Å². The monoisotopic (exact) mass is 954 g/mol. The number of esters is 1. The number of hydrogen-bond donors (Lipinski definition) is 1. The van der Waals surface area contributed by atoms with Gasteiger partial charge in [-0.05, 0) is 53.9 Å². The molecule has 3 heterocycles. The first-order chi connectivity index (χ1) is 34.2. The van der Waals surface area contributed by atoms with Crippen molar-refractivity contribution >= 4 is 30.0 Å². The molecule has 1 N–H and O–H groups in total. The van der Waals surface area contributed by atoms with Crippen molar-refractivity contribution in [2.45, 2.75) is 95.7 Å². The van der Waals surface area contributed by atoms with Gasteiger partial charge in [0, 0.05) is 38.0 Å². The predicted molar refractivity (Wildman–Crippen MR) is 256 cm³/mol. The van der Waals surface area contributed by atoms with Crippen LogP contribution in [0.15, 0.2) is 109 Å². The van der Waals surface area contributed by atoms with Crippen LogP contribution in [0.25, 0.3) is 0 Å². The Morgan fingerprint density at radius 2 is 1.46 bits per heavy atom. The SMILES string of the molecule is CCCCCCCCCCOc1cc2cc(c1C(=O)c1c(C=O)ccc3c1OC3OC)C(=O)O[C@]1(CN(C(=O)OCc3ccccc3)C[C@@H]1NC(=O)c1ccc(OCc3ccccc3)cc1)C(OC)O2. The highest BCUT2D eigenvalue weighted by Gasteiger charge is 2.60. The van der Waals surface area contributed by atoms with Crippen LogP contribution < -0.4 is 24.3 Å². The van der Waals surface area contributed by atoms with Gasteiger partial charge in [0.15, 0.2) is 6.29 Å². The highest BCUT2D eigenvalue weighted by atomic mass is 16.7. The smallest absolute Gasteiger partial charge is 0.410 e. The van der Waals surface area contributed by atoms with Crippen molar-refractivity contribution in [1.29, 1.82) is 0 Å². The summed E-state index contributed by atoms with van der Waals surface area (Å²) in [6, 6.07) is 30.1. The number of likely N-dealkylation sites (tertiary alicyclic amines) is 1. The number of rotatable bonds is 22. The molecule has 3 aliphatic heterocycles. The quantitative estimate of drug-likeness (QED) is 0.0301. The molecular formula is C55H58N2O13. The average Bonchev–Trinajstić information content (AvgIpc) is 3.74. The van der Waals surface area contributed by atoms with Gasteiger partial charge < -0.3 is 48.1 Å². The van der Waals surface area contributed by atoms with Crippen molar-refractivity contribution in [2.24, 2.45) is 0 Å². The lowest BCUT2D eigenvalue weighted by atomic mass is 9.89. The third-order valence-electron chi connectivity index (χ3n) is 12.7. The zero-order chi connectivity index (χ0) is 49.0. The summed E-state index contributed by atoms with van der Waals surface area (Å²) < 4.78 is 48.3. The van der Waals surface area contributed by atoms with Gasteiger partial charge in [-0.15, -0.1) is 0 Å². The van der Waals surface area contributed by atoms with E-state index in [0.29, 0.717) is 30.6 Å². The Labute approximate surface area is 407 Å². The second-order valence-corrected chi connectivity index (χ2v) is 17.5. The van der Waals surface area contributed by atoms with Crippen molar-refractivity contribution in [3.63, 3.8) is 0 Å². The molecule has 2 unspecified atom stereocenters. The van der Waals surface area contributed by atoms with Crippen molar-refractivity contribution in [3.05, 3.63) is 154 Å². The van der Waals surface area contributed by atoms with Gasteiger partial charge in [-0.1, -0.05) is 119 Å². The van der Waals surface area contributed by atoms with Crippen LogP contribution >= 0.6 is 0 Å². The molecule has 2 bridgehead atoms. The zero-order valence-electron chi connectivity index (χ0n) is 39.6. The zero-order valence-corrected chi connectivity index (χ0v) is 39.6. The Bertz CT molecular complexity index is 2640. The van der Waals surface area contributed by atoms with E-state index in [0.717, 1.165) is 36.8 Å². The normalized spacial score (nSPS) is 18.8. The van der Waals surface area contributed by atoms with Crippen LogP contribution in [0.1, 0.15) is 128 Å².